The minimum Gasteiger partial charge on any atom is -0.490 e. The third-order valence-corrected chi connectivity index (χ3v) is 5.49. The molecular formula is C19H26N4O11S. The molecule has 0 radical (unpaired) electrons. The number of amides is 2. The number of non-ortho nitro benzene ring substituents is 1. The average molecular weight is 519 g/mol. The van der Waals surface area contributed by atoms with E-state index in [1.807, 2.05) is 0 Å². The van der Waals surface area contributed by atoms with E-state index in [0.717, 1.165) is 12.1 Å². The molecule has 8 N–H and O–H groups in total. The van der Waals surface area contributed by atoms with Gasteiger partial charge in [-0.15, -0.1) is 0 Å². The van der Waals surface area contributed by atoms with Gasteiger partial charge in [-0.25, -0.2) is 9.59 Å². The van der Waals surface area contributed by atoms with Gasteiger partial charge in [0.05, 0.1) is 18.1 Å². The third-order valence-electron chi connectivity index (χ3n) is 5.01. The van der Waals surface area contributed by atoms with Gasteiger partial charge in [0.15, 0.2) is 11.1 Å². The maximum atomic E-state index is 12.5. The first kappa shape index (κ1) is 29.6. The van der Waals surface area contributed by atoms with Crippen molar-refractivity contribution in [3.05, 3.63) is 34.4 Å². The van der Waals surface area contributed by atoms with E-state index in [4.69, 9.17) is 10.5 Å². The monoisotopic (exact) mass is 518 g/mol. The number of nitrogens with zero attached hydrogens (tertiary/aromatic N) is 1. The molecule has 0 spiro atoms. The Balaban J connectivity index is 3.05. The first-order valence-corrected chi connectivity index (χ1v) is 10.6. The molecule has 0 bridgehead atoms. The van der Waals surface area contributed by atoms with Crippen LogP contribution in [-0.4, -0.2) is 91.8 Å². The van der Waals surface area contributed by atoms with Crippen LogP contribution in [0, 0.1) is 10.1 Å². The largest absolute Gasteiger partial charge is 0.490 e. The van der Waals surface area contributed by atoms with Gasteiger partial charge in [0.25, 0.3) is 5.69 Å². The lowest BCUT2D eigenvalue weighted by Crippen LogP contribution is -2.73. The molecule has 0 aliphatic carbocycles. The van der Waals surface area contributed by atoms with Gasteiger partial charge >= 0.3 is 11.9 Å². The van der Waals surface area contributed by atoms with Crippen LogP contribution in [0.2, 0.25) is 0 Å². The first-order valence-electron chi connectivity index (χ1n) is 9.93. The summed E-state index contributed by atoms with van der Waals surface area (Å²) >= 11 is 3.92. The van der Waals surface area contributed by atoms with Crippen LogP contribution in [0.3, 0.4) is 0 Å². The second kappa shape index (κ2) is 12.8. The Morgan fingerprint density at radius 1 is 1.17 bits per heavy atom. The average Bonchev–Trinajstić information content (AvgIpc) is 2.83. The predicted molar refractivity (Wildman–Crippen MR) is 121 cm³/mol. The summed E-state index contributed by atoms with van der Waals surface area (Å²) in [6.45, 7) is -2.58. The first-order chi connectivity index (χ1) is 16.4. The Labute approximate surface area is 203 Å². The van der Waals surface area contributed by atoms with Crippen molar-refractivity contribution in [3.8, 4) is 5.75 Å². The highest BCUT2D eigenvalue weighted by Crippen LogP contribution is 2.27. The number of thiol groups is 1. The number of nitro benzene ring substituents is 1. The molecule has 3 atom stereocenters. The number of hydrogen-bond donors (Lipinski definition) is 8. The lowest BCUT2D eigenvalue weighted by atomic mass is 9.81. The maximum absolute atomic E-state index is 12.5. The second-order valence-corrected chi connectivity index (χ2v) is 7.66. The highest BCUT2D eigenvalue weighted by Gasteiger charge is 2.57. The van der Waals surface area contributed by atoms with E-state index in [1.165, 1.54) is 12.1 Å². The second-order valence-electron chi connectivity index (χ2n) is 7.35. The molecule has 0 saturated heterocycles. The number of aliphatic hydroxyl groups excluding tert-OH is 1. The lowest BCUT2D eigenvalue weighted by molar-refractivity contribution is -0.384. The molecule has 35 heavy (non-hydrogen) atoms. The minimum absolute atomic E-state index is 0.00722. The summed E-state index contributed by atoms with van der Waals surface area (Å²) < 4.78 is 5.30. The standard InChI is InChI=1S/C19H26N4O11S/c20-7-15(26)21-13(16(27)28)5-6-14(25)22-19(10-35,17(29)30)18(31,8-24)9-34-12-3-1-11(2-4-12)23(32)33/h1-4,13,24,31,35H,5-10,20H2,(H,21,26)(H,22,25)(H,27,28)(H,29,30)/t13-,18?,19-/m0/s1. The maximum Gasteiger partial charge on any atom is 0.333 e. The van der Waals surface area contributed by atoms with Crippen molar-refractivity contribution in [2.75, 3.05) is 25.5 Å². The minimum atomic E-state index is -2.64. The molecule has 0 aliphatic heterocycles. The van der Waals surface area contributed by atoms with Crippen LogP contribution < -0.4 is 21.1 Å². The fraction of sp³-hybridized carbons (Fsp3) is 0.474. The van der Waals surface area contributed by atoms with E-state index >= 15 is 0 Å². The van der Waals surface area contributed by atoms with Crippen LogP contribution in [0.15, 0.2) is 24.3 Å². The van der Waals surface area contributed by atoms with Crippen molar-refractivity contribution in [2.24, 2.45) is 5.73 Å². The molecule has 1 unspecified atom stereocenters. The highest BCUT2D eigenvalue weighted by atomic mass is 32.1. The van der Waals surface area contributed by atoms with Gasteiger partial charge < -0.3 is 41.5 Å². The number of nitrogens with two attached hydrogens (primary N) is 1. The van der Waals surface area contributed by atoms with Gasteiger partial charge in [-0.3, -0.25) is 19.7 Å². The van der Waals surface area contributed by atoms with E-state index in [1.54, 1.807) is 0 Å². The number of benzene rings is 1. The number of carbonyl (C=O) groups is 4. The number of rotatable bonds is 15. The van der Waals surface area contributed by atoms with Crippen LogP contribution in [0.5, 0.6) is 5.75 Å². The van der Waals surface area contributed by atoms with Gasteiger partial charge in [0, 0.05) is 24.3 Å². The molecule has 0 saturated carbocycles. The van der Waals surface area contributed by atoms with Crippen molar-refractivity contribution in [3.63, 3.8) is 0 Å². The molecule has 1 aromatic carbocycles. The molecule has 1 aromatic rings. The summed E-state index contributed by atoms with van der Waals surface area (Å²) in [4.78, 5) is 57.3. The van der Waals surface area contributed by atoms with Crippen molar-refractivity contribution >= 4 is 42.1 Å². The van der Waals surface area contributed by atoms with Gasteiger partial charge in [-0.1, -0.05) is 0 Å². The summed E-state index contributed by atoms with van der Waals surface area (Å²) in [7, 11) is 0. The zero-order valence-electron chi connectivity index (χ0n) is 18.2. The van der Waals surface area contributed by atoms with Crippen LogP contribution in [0.1, 0.15) is 12.8 Å². The molecule has 0 aliphatic rings. The van der Waals surface area contributed by atoms with E-state index in [2.05, 4.69) is 23.3 Å². The molecule has 0 fully saturated rings. The number of nitrogens with one attached hydrogen (secondary N) is 2. The Morgan fingerprint density at radius 2 is 1.77 bits per heavy atom. The fourth-order valence-corrected chi connectivity index (χ4v) is 3.39. The van der Waals surface area contributed by atoms with Crippen LogP contribution in [-0.2, 0) is 19.2 Å². The summed E-state index contributed by atoms with van der Waals surface area (Å²) in [5, 5.41) is 54.7. The molecule has 15 nitrogen and oxygen atoms in total. The molecule has 16 heteroatoms. The fourth-order valence-electron chi connectivity index (χ4n) is 2.88. The Morgan fingerprint density at radius 3 is 2.20 bits per heavy atom. The Hall–Kier alpha value is -3.47. The number of aliphatic hydroxyl groups is 2. The number of aliphatic carboxylic acids is 2. The summed E-state index contributed by atoms with van der Waals surface area (Å²) in [6.07, 6.45) is -1.03. The number of ether oxygens (including phenoxy) is 1. The molecule has 2 amide bonds. The molecule has 194 valence electrons. The van der Waals surface area contributed by atoms with Crippen LogP contribution in [0.4, 0.5) is 5.69 Å². The quantitative estimate of drug-likeness (QED) is 0.0704. The highest BCUT2D eigenvalue weighted by molar-refractivity contribution is 7.80. The summed E-state index contributed by atoms with van der Waals surface area (Å²) in [6, 6.07) is 3.06. The van der Waals surface area contributed by atoms with Crippen molar-refractivity contribution in [1.29, 1.82) is 0 Å². The van der Waals surface area contributed by atoms with Crippen molar-refractivity contribution in [2.45, 2.75) is 30.0 Å². The van der Waals surface area contributed by atoms with Crippen molar-refractivity contribution < 1.29 is 49.3 Å². The number of nitro groups is 1. The summed E-state index contributed by atoms with van der Waals surface area (Å²) in [5.41, 5.74) is -0.372. The van der Waals surface area contributed by atoms with Crippen LogP contribution in [0.25, 0.3) is 0 Å². The number of carboxylic acids is 2. The van der Waals surface area contributed by atoms with Crippen LogP contribution >= 0.6 is 12.6 Å². The molecule has 1 rings (SSSR count). The molecular weight excluding hydrogens is 492 g/mol. The normalized spacial score (nSPS) is 15.1. The lowest BCUT2D eigenvalue weighted by Gasteiger charge is -2.42. The molecule has 0 aromatic heterocycles. The summed E-state index contributed by atoms with van der Waals surface area (Å²) in [5.74, 6) is -5.78. The van der Waals surface area contributed by atoms with Gasteiger partial charge in [0.1, 0.15) is 18.4 Å². The molecule has 0 heterocycles. The van der Waals surface area contributed by atoms with E-state index in [-0.39, 0.29) is 11.4 Å². The van der Waals surface area contributed by atoms with Gasteiger partial charge in [-0.2, -0.15) is 12.6 Å². The SMILES string of the molecule is NCC(=O)N[C@@H](CCC(=O)N[C@@](CS)(C(=O)O)C(O)(CO)COc1ccc([N+](=O)[O-])cc1)C(=O)O. The van der Waals surface area contributed by atoms with Gasteiger partial charge in [0.2, 0.25) is 11.8 Å². The number of carboxylic acid groups (broad SMARTS) is 2. The van der Waals surface area contributed by atoms with E-state index in [9.17, 15) is 49.7 Å². The van der Waals surface area contributed by atoms with Crippen molar-refractivity contribution in [1.82, 2.24) is 10.6 Å². The number of hydrogen-bond acceptors (Lipinski definition) is 11. The number of carbonyl (C=O) groups excluding carboxylic acids is 2. The van der Waals surface area contributed by atoms with E-state index < -0.39 is 84.2 Å². The topological polar surface area (TPSA) is 252 Å². The third kappa shape index (κ3) is 7.51. The zero-order chi connectivity index (χ0) is 26.8. The van der Waals surface area contributed by atoms with Gasteiger partial charge in [-0.05, 0) is 18.6 Å². The predicted octanol–water partition coefficient (Wildman–Crippen LogP) is -2.13. The zero-order valence-corrected chi connectivity index (χ0v) is 19.1. The Kier molecular flexibility index (Phi) is 10.8. The Bertz CT molecular complexity index is 945. The smallest absolute Gasteiger partial charge is 0.333 e. The van der Waals surface area contributed by atoms with E-state index in [0.29, 0.717) is 0 Å².